The summed E-state index contributed by atoms with van der Waals surface area (Å²) < 4.78 is 42.0. The van der Waals surface area contributed by atoms with Crippen LogP contribution < -0.4 is 19.0 Å². The molecular formula is C24H27F2N3O3S. The molecule has 0 atom stereocenters. The highest BCUT2D eigenvalue weighted by molar-refractivity contribution is 7.07. The average molecular weight is 476 g/mol. The largest absolute Gasteiger partial charge is 0.497 e. The van der Waals surface area contributed by atoms with Crippen LogP contribution in [0.25, 0.3) is 11.3 Å². The summed E-state index contributed by atoms with van der Waals surface area (Å²) in [6, 6.07) is 12.0. The van der Waals surface area contributed by atoms with Crippen LogP contribution in [0.4, 0.5) is 8.78 Å². The van der Waals surface area contributed by atoms with E-state index in [1.165, 1.54) is 23.5 Å². The number of thiazole rings is 1. The summed E-state index contributed by atoms with van der Waals surface area (Å²) in [5, 5.41) is 6.82. The van der Waals surface area contributed by atoms with Crippen LogP contribution in [0.15, 0.2) is 57.9 Å². The molecule has 0 unspecified atom stereocenters. The lowest BCUT2D eigenvalue weighted by Crippen LogP contribution is -2.15. The fraction of sp³-hybridized carbons (Fsp3) is 0.333. The van der Waals surface area contributed by atoms with E-state index in [0.29, 0.717) is 23.8 Å². The molecule has 2 aromatic carbocycles. The molecule has 0 N–H and O–H groups in total. The summed E-state index contributed by atoms with van der Waals surface area (Å²) >= 11 is 1.50. The zero-order valence-corrected chi connectivity index (χ0v) is 19.9. The standard InChI is InChI=1S/C24H27F2N3O3S/c1-5-6-13-27-24-29(28-16(2)17-7-9-18(10-8-17)32-23(25)26)21(15-33-24)20-12-11-19(30-3)14-22(20)31-4/h7-12,14-15,23H,5-6,13H2,1-4H3/b27-24?,28-16+. The van der Waals surface area contributed by atoms with Gasteiger partial charge in [-0.1, -0.05) is 13.3 Å². The molecule has 0 aliphatic carbocycles. The lowest BCUT2D eigenvalue weighted by Gasteiger charge is -2.12. The van der Waals surface area contributed by atoms with Crippen molar-refractivity contribution < 1.29 is 23.0 Å². The summed E-state index contributed by atoms with van der Waals surface area (Å²) in [5.74, 6) is 1.45. The van der Waals surface area contributed by atoms with Gasteiger partial charge >= 0.3 is 6.61 Å². The molecule has 1 aromatic heterocycles. The predicted octanol–water partition coefficient (Wildman–Crippen LogP) is 5.81. The number of nitrogens with zero attached hydrogens (tertiary/aromatic N) is 3. The number of halogens is 2. The molecule has 0 bridgehead atoms. The Hall–Kier alpha value is -3.20. The van der Waals surface area contributed by atoms with Crippen LogP contribution in [0.2, 0.25) is 0 Å². The molecule has 33 heavy (non-hydrogen) atoms. The predicted molar refractivity (Wildman–Crippen MR) is 127 cm³/mol. The molecule has 0 spiro atoms. The Balaban J connectivity index is 2.07. The number of rotatable bonds is 10. The summed E-state index contributed by atoms with van der Waals surface area (Å²) in [5.41, 5.74) is 3.15. The zero-order chi connectivity index (χ0) is 23.8. The molecule has 176 valence electrons. The van der Waals surface area contributed by atoms with E-state index < -0.39 is 6.61 Å². The molecule has 0 aliphatic heterocycles. The normalized spacial score (nSPS) is 12.3. The van der Waals surface area contributed by atoms with E-state index in [1.807, 2.05) is 30.5 Å². The van der Waals surface area contributed by atoms with Gasteiger partial charge in [0.25, 0.3) is 0 Å². The van der Waals surface area contributed by atoms with Gasteiger partial charge in [0.15, 0.2) is 0 Å². The summed E-state index contributed by atoms with van der Waals surface area (Å²) in [4.78, 5) is 5.49. The summed E-state index contributed by atoms with van der Waals surface area (Å²) in [6.07, 6.45) is 2.02. The minimum Gasteiger partial charge on any atom is -0.497 e. The first-order valence-electron chi connectivity index (χ1n) is 10.5. The van der Waals surface area contributed by atoms with Crippen LogP contribution in [-0.4, -0.2) is 37.8 Å². The maximum atomic E-state index is 12.4. The molecular weight excluding hydrogens is 448 g/mol. The first-order valence-corrected chi connectivity index (χ1v) is 11.4. The van der Waals surface area contributed by atoms with Crippen molar-refractivity contribution in [3.05, 3.63) is 58.2 Å². The third-order valence-electron chi connectivity index (χ3n) is 4.88. The fourth-order valence-corrected chi connectivity index (χ4v) is 3.97. The van der Waals surface area contributed by atoms with E-state index in [9.17, 15) is 8.78 Å². The Morgan fingerprint density at radius 2 is 1.79 bits per heavy atom. The van der Waals surface area contributed by atoms with Crippen LogP contribution in [0.3, 0.4) is 0 Å². The number of alkyl halides is 2. The van der Waals surface area contributed by atoms with Crippen molar-refractivity contribution in [2.24, 2.45) is 10.1 Å². The van der Waals surface area contributed by atoms with Crippen LogP contribution in [0.5, 0.6) is 17.2 Å². The molecule has 1 heterocycles. The van der Waals surface area contributed by atoms with Crippen molar-refractivity contribution in [1.82, 2.24) is 4.68 Å². The van der Waals surface area contributed by atoms with Crippen LogP contribution >= 0.6 is 11.3 Å². The second kappa shape index (κ2) is 11.6. The Morgan fingerprint density at radius 3 is 2.42 bits per heavy atom. The van der Waals surface area contributed by atoms with Gasteiger partial charge in [0.2, 0.25) is 4.80 Å². The van der Waals surface area contributed by atoms with Gasteiger partial charge in [-0.25, -0.2) is 4.68 Å². The highest BCUT2D eigenvalue weighted by Gasteiger charge is 2.14. The molecule has 0 aliphatic rings. The van der Waals surface area contributed by atoms with E-state index in [0.717, 1.165) is 34.5 Å². The molecule has 0 saturated heterocycles. The van der Waals surface area contributed by atoms with Crippen molar-refractivity contribution in [3.63, 3.8) is 0 Å². The third kappa shape index (κ3) is 6.19. The van der Waals surface area contributed by atoms with Crippen LogP contribution in [0, 0.1) is 0 Å². The lowest BCUT2D eigenvalue weighted by molar-refractivity contribution is -0.0498. The number of unbranched alkanes of at least 4 members (excludes halogenated alkanes) is 1. The SMILES string of the molecule is CCCCN=c1scc(-c2ccc(OC)cc2OC)n1/N=C(\C)c1ccc(OC(F)F)cc1. The quantitative estimate of drug-likeness (QED) is 0.275. The number of aromatic nitrogens is 1. The van der Waals surface area contributed by atoms with Crippen LogP contribution in [0.1, 0.15) is 32.3 Å². The Bertz CT molecular complexity index is 1150. The minimum absolute atomic E-state index is 0.101. The zero-order valence-electron chi connectivity index (χ0n) is 19.0. The van der Waals surface area contributed by atoms with Gasteiger partial charge in [-0.15, -0.1) is 11.3 Å². The van der Waals surface area contributed by atoms with Crippen molar-refractivity contribution in [1.29, 1.82) is 0 Å². The van der Waals surface area contributed by atoms with Gasteiger partial charge in [0.1, 0.15) is 17.2 Å². The summed E-state index contributed by atoms with van der Waals surface area (Å²) in [6.45, 7) is 1.82. The average Bonchev–Trinajstić information content (AvgIpc) is 3.20. The molecule has 3 aromatic rings. The van der Waals surface area contributed by atoms with Gasteiger partial charge in [0, 0.05) is 23.6 Å². The van der Waals surface area contributed by atoms with Crippen LogP contribution in [-0.2, 0) is 0 Å². The van der Waals surface area contributed by atoms with E-state index in [1.54, 1.807) is 31.0 Å². The van der Waals surface area contributed by atoms with Gasteiger partial charge < -0.3 is 14.2 Å². The van der Waals surface area contributed by atoms with Gasteiger partial charge in [-0.05, 0) is 55.3 Å². The topological polar surface area (TPSA) is 57.3 Å². The maximum absolute atomic E-state index is 12.4. The molecule has 0 radical (unpaired) electrons. The molecule has 0 saturated carbocycles. The first-order chi connectivity index (χ1) is 16.0. The fourth-order valence-electron chi connectivity index (χ4n) is 3.12. The number of ether oxygens (including phenoxy) is 3. The van der Waals surface area contributed by atoms with Gasteiger partial charge in [0.05, 0.1) is 25.6 Å². The second-order valence-corrected chi connectivity index (χ2v) is 7.94. The Labute approximate surface area is 195 Å². The molecule has 9 heteroatoms. The van der Waals surface area contributed by atoms with Crippen molar-refractivity contribution >= 4 is 17.0 Å². The van der Waals surface area contributed by atoms with Gasteiger partial charge in [-0.2, -0.15) is 13.9 Å². The Morgan fingerprint density at radius 1 is 1.06 bits per heavy atom. The molecule has 3 rings (SSSR count). The molecule has 0 fully saturated rings. The smallest absolute Gasteiger partial charge is 0.387 e. The number of hydrogen-bond acceptors (Lipinski definition) is 6. The molecule has 0 amide bonds. The van der Waals surface area contributed by atoms with Gasteiger partial charge in [-0.3, -0.25) is 4.99 Å². The number of hydrogen-bond donors (Lipinski definition) is 0. The minimum atomic E-state index is -2.86. The maximum Gasteiger partial charge on any atom is 0.387 e. The van der Waals surface area contributed by atoms with E-state index in [2.05, 4.69) is 11.7 Å². The number of benzene rings is 2. The van der Waals surface area contributed by atoms with E-state index in [-0.39, 0.29) is 5.75 Å². The van der Waals surface area contributed by atoms with Crippen molar-refractivity contribution in [3.8, 4) is 28.5 Å². The monoisotopic (exact) mass is 475 g/mol. The molecule has 6 nitrogen and oxygen atoms in total. The van der Waals surface area contributed by atoms with E-state index >= 15 is 0 Å². The first kappa shape index (κ1) is 24.4. The van der Waals surface area contributed by atoms with E-state index in [4.69, 9.17) is 19.6 Å². The van der Waals surface area contributed by atoms with Crippen molar-refractivity contribution in [2.45, 2.75) is 33.3 Å². The second-order valence-electron chi connectivity index (χ2n) is 7.11. The number of methoxy groups -OCH3 is 2. The Kier molecular flexibility index (Phi) is 8.59. The van der Waals surface area contributed by atoms with Crippen molar-refractivity contribution in [2.75, 3.05) is 20.8 Å². The summed E-state index contributed by atoms with van der Waals surface area (Å²) in [7, 11) is 3.22. The lowest BCUT2D eigenvalue weighted by atomic mass is 10.1. The third-order valence-corrected chi connectivity index (χ3v) is 5.73. The highest BCUT2D eigenvalue weighted by atomic mass is 32.1. The highest BCUT2D eigenvalue weighted by Crippen LogP contribution is 2.33.